The zero-order valence-electron chi connectivity index (χ0n) is 8.25. The second kappa shape index (κ2) is 3.33. The van der Waals surface area contributed by atoms with Gasteiger partial charge in [0, 0.05) is 12.8 Å². The molecule has 0 fully saturated rings. The fourth-order valence-electron chi connectivity index (χ4n) is 2.07. The van der Waals surface area contributed by atoms with Crippen LogP contribution in [0, 0.1) is 0 Å². The number of fused-ring (bicyclic) bond motifs is 1. The Morgan fingerprint density at radius 1 is 1.31 bits per heavy atom. The Hall–Kier alpha value is -1.11. The summed E-state index contributed by atoms with van der Waals surface area (Å²) in [6.07, 6.45) is 2.37. The summed E-state index contributed by atoms with van der Waals surface area (Å²) < 4.78 is 0. The summed E-state index contributed by atoms with van der Waals surface area (Å²) >= 11 is 0. The summed E-state index contributed by atoms with van der Waals surface area (Å²) in [4.78, 5) is 4.34. The minimum atomic E-state index is 0.696. The molecular formula is C12H15N. The molecule has 2 rings (SSSR count). The van der Waals surface area contributed by atoms with Crippen LogP contribution in [0.1, 0.15) is 36.8 Å². The molecule has 1 aromatic rings. The van der Waals surface area contributed by atoms with Crippen molar-refractivity contribution in [1.29, 1.82) is 0 Å². The van der Waals surface area contributed by atoms with Crippen LogP contribution < -0.4 is 0 Å². The summed E-state index contributed by atoms with van der Waals surface area (Å²) in [7, 11) is 1.89. The van der Waals surface area contributed by atoms with E-state index in [9.17, 15) is 0 Å². The van der Waals surface area contributed by atoms with E-state index in [1.165, 1.54) is 23.3 Å². The van der Waals surface area contributed by atoms with Crippen molar-refractivity contribution in [2.75, 3.05) is 7.05 Å². The van der Waals surface area contributed by atoms with E-state index in [0.717, 1.165) is 6.42 Å². The van der Waals surface area contributed by atoms with Crippen LogP contribution in [0.5, 0.6) is 0 Å². The van der Waals surface area contributed by atoms with E-state index in [0.29, 0.717) is 5.92 Å². The quantitative estimate of drug-likeness (QED) is 0.572. The van der Waals surface area contributed by atoms with Gasteiger partial charge < -0.3 is 0 Å². The molecule has 13 heavy (non-hydrogen) atoms. The van der Waals surface area contributed by atoms with Crippen LogP contribution in [0.3, 0.4) is 0 Å². The molecule has 68 valence electrons. The summed E-state index contributed by atoms with van der Waals surface area (Å²) in [6, 6.07) is 8.63. The van der Waals surface area contributed by atoms with Crippen molar-refractivity contribution >= 4 is 5.71 Å². The lowest BCUT2D eigenvalue weighted by molar-refractivity contribution is 0.685. The van der Waals surface area contributed by atoms with E-state index in [1.807, 2.05) is 7.05 Å². The molecule has 0 saturated heterocycles. The third-order valence-corrected chi connectivity index (χ3v) is 2.89. The summed E-state index contributed by atoms with van der Waals surface area (Å²) in [5.41, 5.74) is 4.10. The van der Waals surface area contributed by atoms with Crippen LogP contribution in [0.4, 0.5) is 0 Å². The maximum atomic E-state index is 4.34. The number of aliphatic imine (C=N–C) groups is 1. The Labute approximate surface area is 79.5 Å². The van der Waals surface area contributed by atoms with E-state index in [1.54, 1.807) is 0 Å². The fraction of sp³-hybridized carbons (Fsp3) is 0.417. The van der Waals surface area contributed by atoms with Gasteiger partial charge in [0.05, 0.1) is 0 Å². The molecular weight excluding hydrogens is 158 g/mol. The predicted octanol–water partition coefficient (Wildman–Crippen LogP) is 3.00. The van der Waals surface area contributed by atoms with Gasteiger partial charge in [-0.15, -0.1) is 0 Å². The Morgan fingerprint density at radius 3 is 2.85 bits per heavy atom. The maximum Gasteiger partial charge on any atom is 0.0420 e. The van der Waals surface area contributed by atoms with E-state index < -0.39 is 0 Å². The molecule has 0 radical (unpaired) electrons. The van der Waals surface area contributed by atoms with Crippen molar-refractivity contribution in [2.45, 2.75) is 25.7 Å². The van der Waals surface area contributed by atoms with Gasteiger partial charge in [-0.1, -0.05) is 31.2 Å². The van der Waals surface area contributed by atoms with E-state index >= 15 is 0 Å². The number of nitrogens with zero attached hydrogens (tertiary/aromatic N) is 1. The third-order valence-electron chi connectivity index (χ3n) is 2.89. The molecule has 1 unspecified atom stereocenters. The lowest BCUT2D eigenvalue weighted by atomic mass is 9.83. The Balaban J connectivity index is 2.54. The van der Waals surface area contributed by atoms with Crippen molar-refractivity contribution in [2.24, 2.45) is 4.99 Å². The van der Waals surface area contributed by atoms with Crippen molar-refractivity contribution in [3.05, 3.63) is 35.4 Å². The van der Waals surface area contributed by atoms with Gasteiger partial charge in [0.15, 0.2) is 0 Å². The number of benzene rings is 1. The average Bonchev–Trinajstić information content (AvgIpc) is 2.19. The fourth-order valence-corrected chi connectivity index (χ4v) is 2.07. The minimum Gasteiger partial charge on any atom is -0.292 e. The highest BCUT2D eigenvalue weighted by atomic mass is 14.7. The molecule has 1 aliphatic carbocycles. The second-order valence-corrected chi connectivity index (χ2v) is 3.70. The third kappa shape index (κ3) is 1.39. The Kier molecular flexibility index (Phi) is 2.17. The first-order valence-electron chi connectivity index (χ1n) is 4.88. The van der Waals surface area contributed by atoms with Gasteiger partial charge in [-0.25, -0.2) is 0 Å². The van der Waals surface area contributed by atoms with Crippen LogP contribution in [-0.4, -0.2) is 12.8 Å². The highest BCUT2D eigenvalue weighted by Crippen LogP contribution is 2.30. The zero-order chi connectivity index (χ0) is 9.26. The van der Waals surface area contributed by atoms with Gasteiger partial charge in [-0.2, -0.15) is 0 Å². The van der Waals surface area contributed by atoms with Crippen LogP contribution in [0.25, 0.3) is 0 Å². The van der Waals surface area contributed by atoms with Gasteiger partial charge in [-0.05, 0) is 29.9 Å². The van der Waals surface area contributed by atoms with Crippen LogP contribution in [0.15, 0.2) is 29.3 Å². The summed E-state index contributed by atoms with van der Waals surface area (Å²) in [5, 5.41) is 0. The first-order chi connectivity index (χ1) is 6.33. The average molecular weight is 173 g/mol. The molecule has 1 aliphatic rings. The van der Waals surface area contributed by atoms with Crippen molar-refractivity contribution in [3.8, 4) is 0 Å². The van der Waals surface area contributed by atoms with Crippen molar-refractivity contribution in [1.82, 2.24) is 0 Å². The monoisotopic (exact) mass is 173 g/mol. The van der Waals surface area contributed by atoms with Gasteiger partial charge >= 0.3 is 0 Å². The summed E-state index contributed by atoms with van der Waals surface area (Å²) in [5.74, 6) is 0.696. The molecule has 1 heteroatoms. The normalized spacial score (nSPS) is 24.5. The molecule has 1 nitrogen and oxygen atoms in total. The minimum absolute atomic E-state index is 0.696. The van der Waals surface area contributed by atoms with Gasteiger partial charge in [0.1, 0.15) is 0 Å². The van der Waals surface area contributed by atoms with Gasteiger partial charge in [0.2, 0.25) is 0 Å². The van der Waals surface area contributed by atoms with E-state index in [2.05, 4.69) is 36.2 Å². The Bertz CT molecular complexity index is 339. The molecule has 0 N–H and O–H groups in total. The number of hydrogen-bond donors (Lipinski definition) is 0. The maximum absolute atomic E-state index is 4.34. The molecule has 0 heterocycles. The largest absolute Gasteiger partial charge is 0.292 e. The molecule has 0 saturated carbocycles. The van der Waals surface area contributed by atoms with Crippen molar-refractivity contribution in [3.63, 3.8) is 0 Å². The summed E-state index contributed by atoms with van der Waals surface area (Å²) in [6.45, 7) is 2.30. The highest BCUT2D eigenvalue weighted by Gasteiger charge is 2.19. The SMILES string of the molecule is CN=C1CCC(C)c2ccccc21. The molecule has 0 aromatic heterocycles. The van der Waals surface area contributed by atoms with Crippen molar-refractivity contribution < 1.29 is 0 Å². The second-order valence-electron chi connectivity index (χ2n) is 3.70. The van der Waals surface area contributed by atoms with Crippen LogP contribution in [-0.2, 0) is 0 Å². The molecule has 1 atom stereocenters. The predicted molar refractivity (Wildman–Crippen MR) is 56.6 cm³/mol. The molecule has 0 amide bonds. The van der Waals surface area contributed by atoms with Gasteiger partial charge in [-0.3, -0.25) is 4.99 Å². The topological polar surface area (TPSA) is 12.4 Å². The molecule has 1 aromatic carbocycles. The molecule has 0 bridgehead atoms. The van der Waals surface area contributed by atoms with Crippen LogP contribution >= 0.6 is 0 Å². The van der Waals surface area contributed by atoms with Gasteiger partial charge in [0.25, 0.3) is 0 Å². The number of rotatable bonds is 0. The first-order valence-corrected chi connectivity index (χ1v) is 4.88. The lowest BCUT2D eigenvalue weighted by Crippen LogP contribution is -2.14. The highest BCUT2D eigenvalue weighted by molar-refractivity contribution is 6.02. The molecule has 0 aliphatic heterocycles. The Morgan fingerprint density at radius 2 is 2.08 bits per heavy atom. The first kappa shape index (κ1) is 8.49. The molecule has 0 spiro atoms. The van der Waals surface area contributed by atoms with Crippen LogP contribution in [0.2, 0.25) is 0 Å². The van der Waals surface area contributed by atoms with E-state index in [-0.39, 0.29) is 0 Å². The number of hydrogen-bond acceptors (Lipinski definition) is 1. The van der Waals surface area contributed by atoms with E-state index in [4.69, 9.17) is 0 Å². The smallest absolute Gasteiger partial charge is 0.0420 e. The lowest BCUT2D eigenvalue weighted by Gasteiger charge is -2.23. The standard InChI is InChI=1S/C12H15N/c1-9-7-8-12(13-2)11-6-4-3-5-10(9)11/h3-6,9H,7-8H2,1-2H3. The zero-order valence-corrected chi connectivity index (χ0v) is 8.25.